The number of nitrogens with two attached hydrogens (primary N) is 1. The van der Waals surface area contributed by atoms with Gasteiger partial charge in [-0.1, -0.05) is 13.8 Å². The van der Waals surface area contributed by atoms with Crippen molar-refractivity contribution >= 4 is 41.2 Å². The predicted molar refractivity (Wildman–Crippen MR) is 141 cm³/mol. The second kappa shape index (κ2) is 16.1. The quantitative estimate of drug-likeness (QED) is 0.110. The molecule has 2 rings (SSSR count). The summed E-state index contributed by atoms with van der Waals surface area (Å²) in [5.41, 5.74) is 7.95. The van der Waals surface area contributed by atoms with Gasteiger partial charge in [-0.3, -0.25) is 29.2 Å². The number of carbonyl (C=O) groups is 6. The highest BCUT2D eigenvalue weighted by Gasteiger charge is 2.38. The Hall–Kier alpha value is -4.41. The van der Waals surface area contributed by atoms with Crippen LogP contribution in [0, 0.1) is 5.92 Å². The Morgan fingerprint density at radius 2 is 1.60 bits per heavy atom. The number of hydrogen-bond acceptors (Lipinski definition) is 8. The van der Waals surface area contributed by atoms with Crippen LogP contribution in [0.1, 0.15) is 50.4 Å². The number of carbonyl (C=O) groups excluding carboxylic acids is 5. The summed E-state index contributed by atoms with van der Waals surface area (Å²) in [7, 11) is 0. The zero-order valence-corrected chi connectivity index (χ0v) is 23.2. The van der Waals surface area contributed by atoms with Crippen molar-refractivity contribution in [2.75, 3.05) is 18.8 Å². The van der Waals surface area contributed by atoms with E-state index >= 15 is 0 Å². The summed E-state index contributed by atoms with van der Waals surface area (Å²) in [6.07, 6.45) is -3.75. The second-order valence-electron chi connectivity index (χ2n) is 9.75. The minimum Gasteiger partial charge on any atom is -0.475 e. The first-order valence-corrected chi connectivity index (χ1v) is 12.8. The third-order valence-corrected chi connectivity index (χ3v) is 5.89. The van der Waals surface area contributed by atoms with Crippen molar-refractivity contribution in [2.45, 2.75) is 64.3 Å². The van der Waals surface area contributed by atoms with Gasteiger partial charge in [0.25, 0.3) is 11.8 Å². The van der Waals surface area contributed by atoms with E-state index in [4.69, 9.17) is 20.8 Å². The fourth-order valence-corrected chi connectivity index (χ4v) is 3.78. The van der Waals surface area contributed by atoms with Crippen LogP contribution in [-0.2, 0) is 24.0 Å². The number of halogens is 3. The Labute approximate surface area is 239 Å². The molecule has 3 atom stereocenters. The topological polar surface area (TPSA) is 220 Å². The van der Waals surface area contributed by atoms with E-state index in [1.807, 2.05) is 13.8 Å². The molecule has 0 saturated carbocycles. The maximum Gasteiger partial charge on any atom is 0.490 e. The SMILES string of the molecule is CC(C)C[C@@H](NC(=O)[C@@H]1CCCN1C(=O)CNC(=O)c1ccc(N)cc1)C(=O)N[C@H](C)C(=O)NO.O=C(O)C(F)(F)F. The first-order chi connectivity index (χ1) is 19.5. The normalized spacial score (nSPS) is 15.9. The molecular weight excluding hydrogens is 569 g/mol. The largest absolute Gasteiger partial charge is 0.490 e. The molecule has 1 saturated heterocycles. The van der Waals surface area contributed by atoms with Gasteiger partial charge >= 0.3 is 12.1 Å². The van der Waals surface area contributed by atoms with E-state index in [1.54, 1.807) is 24.3 Å². The van der Waals surface area contributed by atoms with Gasteiger partial charge in [0.1, 0.15) is 18.1 Å². The highest BCUT2D eigenvalue weighted by atomic mass is 19.4. The number of likely N-dealkylation sites (tertiary alicyclic amines) is 1. The molecule has 1 fully saturated rings. The number of hydrogen-bond donors (Lipinski definition) is 7. The Bertz CT molecular complexity index is 1130. The Morgan fingerprint density at radius 1 is 1.02 bits per heavy atom. The predicted octanol–water partition coefficient (Wildman–Crippen LogP) is 0.164. The first kappa shape index (κ1) is 35.6. The number of carboxylic acids is 1. The Morgan fingerprint density at radius 3 is 2.10 bits per heavy atom. The minimum absolute atomic E-state index is 0.0536. The lowest BCUT2D eigenvalue weighted by Gasteiger charge is -2.27. The lowest BCUT2D eigenvalue weighted by molar-refractivity contribution is -0.192. The summed E-state index contributed by atoms with van der Waals surface area (Å²) < 4.78 is 31.7. The van der Waals surface area contributed by atoms with Crippen molar-refractivity contribution in [3.8, 4) is 0 Å². The van der Waals surface area contributed by atoms with Gasteiger partial charge in [0.15, 0.2) is 0 Å². The average molecular weight is 605 g/mol. The van der Waals surface area contributed by atoms with Crippen molar-refractivity contribution in [3.05, 3.63) is 29.8 Å². The molecule has 1 aliphatic heterocycles. The summed E-state index contributed by atoms with van der Waals surface area (Å²) in [6, 6.07) is 3.54. The van der Waals surface area contributed by atoms with Crippen molar-refractivity contribution in [2.24, 2.45) is 5.92 Å². The highest BCUT2D eigenvalue weighted by Crippen LogP contribution is 2.18. The van der Waals surface area contributed by atoms with E-state index in [9.17, 15) is 37.1 Å². The minimum atomic E-state index is -5.08. The number of rotatable bonds is 10. The van der Waals surface area contributed by atoms with Crippen LogP contribution in [0.3, 0.4) is 0 Å². The molecule has 0 radical (unpaired) electrons. The van der Waals surface area contributed by atoms with E-state index in [2.05, 4.69) is 16.0 Å². The molecule has 234 valence electrons. The zero-order valence-electron chi connectivity index (χ0n) is 23.2. The molecule has 0 bridgehead atoms. The fourth-order valence-electron chi connectivity index (χ4n) is 3.78. The van der Waals surface area contributed by atoms with Crippen molar-refractivity contribution in [1.82, 2.24) is 26.3 Å². The summed E-state index contributed by atoms with van der Waals surface area (Å²) >= 11 is 0. The van der Waals surface area contributed by atoms with Crippen LogP contribution in [0.5, 0.6) is 0 Å². The van der Waals surface area contributed by atoms with Crippen LogP contribution >= 0.6 is 0 Å². The van der Waals surface area contributed by atoms with Crippen molar-refractivity contribution in [1.29, 1.82) is 0 Å². The van der Waals surface area contributed by atoms with Crippen LogP contribution in [0.25, 0.3) is 0 Å². The Balaban J connectivity index is 0.00000112. The molecule has 17 heteroatoms. The van der Waals surface area contributed by atoms with Gasteiger partial charge in [-0.25, -0.2) is 10.3 Å². The molecule has 0 aliphatic carbocycles. The van der Waals surface area contributed by atoms with Crippen LogP contribution in [0.2, 0.25) is 0 Å². The fraction of sp³-hybridized carbons (Fsp3) is 0.520. The van der Waals surface area contributed by atoms with Crippen LogP contribution < -0.4 is 27.2 Å². The van der Waals surface area contributed by atoms with E-state index in [1.165, 1.54) is 17.3 Å². The maximum absolute atomic E-state index is 13.0. The van der Waals surface area contributed by atoms with Crippen LogP contribution in [0.15, 0.2) is 24.3 Å². The van der Waals surface area contributed by atoms with Gasteiger partial charge in [-0.15, -0.1) is 0 Å². The number of nitrogens with one attached hydrogen (secondary N) is 4. The highest BCUT2D eigenvalue weighted by molar-refractivity contribution is 5.98. The number of aliphatic carboxylic acids is 1. The molecule has 1 aromatic rings. The van der Waals surface area contributed by atoms with Gasteiger partial charge in [0, 0.05) is 17.8 Å². The number of carboxylic acid groups (broad SMARTS) is 1. The molecule has 5 amide bonds. The average Bonchev–Trinajstić information content (AvgIpc) is 3.41. The molecule has 1 aliphatic rings. The van der Waals surface area contributed by atoms with Crippen LogP contribution in [0.4, 0.5) is 18.9 Å². The lowest BCUT2D eigenvalue weighted by atomic mass is 10.0. The monoisotopic (exact) mass is 604 g/mol. The van der Waals surface area contributed by atoms with E-state index < -0.39 is 59.8 Å². The van der Waals surface area contributed by atoms with Gasteiger partial charge < -0.3 is 31.7 Å². The third-order valence-electron chi connectivity index (χ3n) is 5.89. The van der Waals surface area contributed by atoms with Gasteiger partial charge in [-0.05, 0) is 56.4 Å². The van der Waals surface area contributed by atoms with E-state index in [0.717, 1.165) is 0 Å². The van der Waals surface area contributed by atoms with E-state index in [-0.39, 0.29) is 12.5 Å². The lowest BCUT2D eigenvalue weighted by Crippen LogP contribution is -2.56. The molecule has 14 nitrogen and oxygen atoms in total. The van der Waals surface area contributed by atoms with Crippen molar-refractivity contribution < 1.29 is 52.3 Å². The molecule has 42 heavy (non-hydrogen) atoms. The summed E-state index contributed by atoms with van der Waals surface area (Å²) in [5, 5.41) is 23.6. The maximum atomic E-state index is 13.0. The third kappa shape index (κ3) is 11.6. The number of hydroxylamine groups is 1. The Kier molecular flexibility index (Phi) is 13.7. The zero-order chi connectivity index (χ0) is 32.2. The molecule has 8 N–H and O–H groups in total. The molecule has 1 heterocycles. The number of nitrogen functional groups attached to an aromatic ring is 1. The number of benzene rings is 1. The second-order valence-corrected chi connectivity index (χ2v) is 9.75. The number of amides is 5. The van der Waals surface area contributed by atoms with Crippen molar-refractivity contribution in [3.63, 3.8) is 0 Å². The summed E-state index contributed by atoms with van der Waals surface area (Å²) in [5.74, 6) is -5.40. The summed E-state index contributed by atoms with van der Waals surface area (Å²) in [4.78, 5) is 72.6. The van der Waals surface area contributed by atoms with Gasteiger partial charge in [0.05, 0.1) is 6.54 Å². The molecular formula is C25H35F3N6O8. The van der Waals surface area contributed by atoms with Crippen LogP contribution in [-0.4, -0.2) is 88.1 Å². The summed E-state index contributed by atoms with van der Waals surface area (Å²) in [6.45, 7) is 5.23. The smallest absolute Gasteiger partial charge is 0.475 e. The number of anilines is 1. The van der Waals surface area contributed by atoms with Gasteiger partial charge in [-0.2, -0.15) is 13.2 Å². The first-order valence-electron chi connectivity index (χ1n) is 12.8. The molecule has 0 aromatic heterocycles. The molecule has 0 unspecified atom stereocenters. The molecule has 1 aromatic carbocycles. The standard InChI is InChI=1S/C23H34N6O6.C2HF3O2/c1-13(2)11-17(22(33)26-14(3)20(31)28-35)27-23(34)18-5-4-10-29(18)19(30)12-25-21(32)15-6-8-16(24)9-7-15;3-2(4,5)1(6)7/h6-9,13-14,17-18,35H,4-5,10-12,24H2,1-3H3,(H,25,32)(H,26,33)(H,27,34)(H,28,31);(H,6,7)/t14-,17-,18+;/m1./s1. The van der Waals surface area contributed by atoms with E-state index in [0.29, 0.717) is 37.1 Å². The number of alkyl halides is 3. The van der Waals surface area contributed by atoms with Gasteiger partial charge in [0.2, 0.25) is 17.7 Å². The molecule has 0 spiro atoms. The number of nitrogens with zero attached hydrogens (tertiary/aromatic N) is 1.